The fourth-order valence-corrected chi connectivity index (χ4v) is 8.24. The maximum atomic E-state index is 14.2. The van der Waals surface area contributed by atoms with Crippen molar-refractivity contribution in [3.63, 3.8) is 0 Å². The molecular formula is C35H41N7O7S. The fraction of sp³-hybridized carbons (Fsp3) is 0.486. The summed E-state index contributed by atoms with van der Waals surface area (Å²) in [5.41, 5.74) is 0.668. The molecule has 2 N–H and O–H groups in total. The monoisotopic (exact) mass is 703 g/mol. The Hall–Kier alpha value is -4.79. The van der Waals surface area contributed by atoms with Crippen LogP contribution in [0.15, 0.2) is 48.8 Å². The molecule has 2 aliphatic heterocycles. The second-order valence-corrected chi connectivity index (χ2v) is 15.6. The molecule has 15 heteroatoms. The predicted molar refractivity (Wildman–Crippen MR) is 184 cm³/mol. The van der Waals surface area contributed by atoms with E-state index >= 15 is 0 Å². The summed E-state index contributed by atoms with van der Waals surface area (Å²) in [7, 11) is -0.549. The van der Waals surface area contributed by atoms with Gasteiger partial charge in [-0.25, -0.2) is 18.2 Å². The Morgan fingerprint density at radius 2 is 1.96 bits per heavy atom. The quantitative estimate of drug-likeness (QED) is 0.348. The predicted octanol–water partition coefficient (Wildman–Crippen LogP) is 3.11. The number of allylic oxidation sites excluding steroid dienone is 1. The summed E-state index contributed by atoms with van der Waals surface area (Å²) in [6.07, 6.45) is 10.2. The third kappa shape index (κ3) is 6.45. The Kier molecular flexibility index (Phi) is 8.87. The number of sulfonamides is 1. The van der Waals surface area contributed by atoms with Crippen LogP contribution in [0.25, 0.3) is 22.3 Å². The van der Waals surface area contributed by atoms with E-state index in [1.807, 2.05) is 37.3 Å². The lowest BCUT2D eigenvalue weighted by molar-refractivity contribution is -0.131. The first kappa shape index (κ1) is 33.7. The molecule has 4 aliphatic rings. The van der Waals surface area contributed by atoms with Crippen LogP contribution in [0.4, 0.5) is 4.79 Å². The van der Waals surface area contributed by atoms with Crippen molar-refractivity contribution in [1.82, 2.24) is 34.8 Å². The van der Waals surface area contributed by atoms with Crippen molar-refractivity contribution in [3.05, 3.63) is 54.4 Å². The highest BCUT2D eigenvalue weighted by Gasteiger charge is 2.62. The van der Waals surface area contributed by atoms with Crippen molar-refractivity contribution in [2.45, 2.75) is 74.8 Å². The summed E-state index contributed by atoms with van der Waals surface area (Å²) in [5.74, 6) is -0.343. The SMILES string of the molecule is COc1ccc2c(O[C@@H]3C[C@H]4C(=O)N[C@]5(C(=O)NS(=O)(=O)C6CC6)C[C@H]5/C=C/CCCCN(C)C(=O)N4C3)nc(-c3cccnc3)nc2c1C. The van der Waals surface area contributed by atoms with Gasteiger partial charge in [0.25, 0.3) is 5.91 Å². The molecular weight excluding hydrogens is 662 g/mol. The van der Waals surface area contributed by atoms with E-state index in [0.717, 1.165) is 24.8 Å². The molecule has 4 atom stereocenters. The van der Waals surface area contributed by atoms with Gasteiger partial charge in [0.2, 0.25) is 21.8 Å². The summed E-state index contributed by atoms with van der Waals surface area (Å²) >= 11 is 0. The van der Waals surface area contributed by atoms with Crippen molar-refractivity contribution >= 4 is 38.8 Å². The third-order valence-corrected chi connectivity index (χ3v) is 11.9. The summed E-state index contributed by atoms with van der Waals surface area (Å²) in [4.78, 5) is 58.5. The smallest absolute Gasteiger partial charge is 0.320 e. The number of amides is 4. The van der Waals surface area contributed by atoms with Gasteiger partial charge in [-0.3, -0.25) is 19.3 Å². The first-order valence-corrected chi connectivity index (χ1v) is 18.5. The summed E-state index contributed by atoms with van der Waals surface area (Å²) < 4.78 is 39.8. The Morgan fingerprint density at radius 3 is 2.70 bits per heavy atom. The maximum Gasteiger partial charge on any atom is 0.320 e. The largest absolute Gasteiger partial charge is 0.496 e. The molecule has 2 aromatic heterocycles. The number of benzene rings is 1. The molecule has 1 aromatic carbocycles. The Balaban J connectivity index is 1.21. The Morgan fingerprint density at radius 1 is 1.14 bits per heavy atom. The van der Waals surface area contributed by atoms with E-state index < -0.39 is 44.8 Å². The van der Waals surface area contributed by atoms with Gasteiger partial charge in [0.1, 0.15) is 23.4 Å². The van der Waals surface area contributed by atoms with Gasteiger partial charge in [0, 0.05) is 49.5 Å². The average Bonchev–Trinajstić information content (AvgIpc) is 4.03. The van der Waals surface area contributed by atoms with E-state index in [1.165, 1.54) is 4.90 Å². The number of ether oxygens (including phenoxy) is 2. The Labute approximate surface area is 290 Å². The number of rotatable bonds is 7. The molecule has 0 spiro atoms. The lowest BCUT2D eigenvalue weighted by Crippen LogP contribution is -2.57. The van der Waals surface area contributed by atoms with Crippen LogP contribution in [0.3, 0.4) is 0 Å². The number of nitrogens with one attached hydrogen (secondary N) is 2. The number of aryl methyl sites for hydroxylation is 1. The minimum absolute atomic E-state index is 0.0860. The van der Waals surface area contributed by atoms with Gasteiger partial charge in [-0.1, -0.05) is 12.2 Å². The molecule has 14 nitrogen and oxygen atoms in total. The molecule has 50 heavy (non-hydrogen) atoms. The minimum atomic E-state index is -3.84. The zero-order valence-corrected chi connectivity index (χ0v) is 29.1. The van der Waals surface area contributed by atoms with Gasteiger partial charge < -0.3 is 24.6 Å². The molecule has 0 radical (unpaired) electrons. The number of carbonyl (C=O) groups is 3. The van der Waals surface area contributed by atoms with E-state index in [0.29, 0.717) is 47.4 Å². The minimum Gasteiger partial charge on any atom is -0.496 e. The van der Waals surface area contributed by atoms with Gasteiger partial charge >= 0.3 is 6.03 Å². The number of aromatic nitrogens is 3. The lowest BCUT2D eigenvalue weighted by Gasteiger charge is -2.30. The van der Waals surface area contributed by atoms with E-state index in [4.69, 9.17) is 19.4 Å². The average molecular weight is 704 g/mol. The van der Waals surface area contributed by atoms with Gasteiger partial charge in [-0.15, -0.1) is 0 Å². The normalized spacial score (nSPS) is 26.3. The number of carbonyl (C=O) groups excluding carboxylic acids is 3. The van der Waals surface area contributed by atoms with Gasteiger partial charge in [0.15, 0.2) is 5.82 Å². The van der Waals surface area contributed by atoms with Crippen LogP contribution in [0.2, 0.25) is 0 Å². The van der Waals surface area contributed by atoms with E-state index in [9.17, 15) is 22.8 Å². The summed E-state index contributed by atoms with van der Waals surface area (Å²) in [6.45, 7) is 2.49. The number of urea groups is 1. The zero-order valence-electron chi connectivity index (χ0n) is 28.3. The van der Waals surface area contributed by atoms with Gasteiger partial charge in [0.05, 0.1) is 29.8 Å². The zero-order chi connectivity index (χ0) is 35.2. The molecule has 264 valence electrons. The molecule has 2 aliphatic carbocycles. The number of hydrogen-bond donors (Lipinski definition) is 2. The van der Waals surface area contributed by atoms with Crippen LogP contribution in [0, 0.1) is 12.8 Å². The molecule has 0 unspecified atom stereocenters. The van der Waals surface area contributed by atoms with Crippen LogP contribution in [0.5, 0.6) is 11.6 Å². The highest BCUT2D eigenvalue weighted by molar-refractivity contribution is 7.91. The number of pyridine rings is 1. The number of fused-ring (bicyclic) bond motifs is 3. The molecule has 4 heterocycles. The first-order valence-electron chi connectivity index (χ1n) is 17.0. The van der Waals surface area contributed by atoms with Crippen molar-refractivity contribution in [2.75, 3.05) is 27.2 Å². The van der Waals surface area contributed by atoms with Crippen LogP contribution >= 0.6 is 0 Å². The standard InChI is InChI=1S/C35H41N7O7S/c1-21-28(48-3)14-13-26-29(21)37-30(22-9-8-15-36-19-22)38-32(26)49-24-17-27-31(43)39-35(33(44)40-50(46,47)25-11-12-25)18-23(35)10-6-4-5-7-16-41(2)34(45)42(27)20-24/h6,8-10,13-15,19,23-25,27H,4-5,7,11-12,16-18,20H2,1-3H3,(H,39,43)(H,40,44)/b10-6+/t23-,24-,27+,35-/m1/s1. The summed E-state index contributed by atoms with van der Waals surface area (Å²) in [5, 5.41) is 2.94. The molecule has 0 bridgehead atoms. The molecule has 3 fully saturated rings. The van der Waals surface area contributed by atoms with Gasteiger partial charge in [-0.05, 0) is 69.7 Å². The van der Waals surface area contributed by atoms with Crippen molar-refractivity contribution in [1.29, 1.82) is 0 Å². The van der Waals surface area contributed by atoms with Crippen molar-refractivity contribution in [2.24, 2.45) is 5.92 Å². The van der Waals surface area contributed by atoms with Crippen LogP contribution in [-0.2, 0) is 19.6 Å². The van der Waals surface area contributed by atoms with Gasteiger partial charge in [-0.2, -0.15) is 4.98 Å². The molecule has 1 saturated heterocycles. The van der Waals surface area contributed by atoms with Crippen molar-refractivity contribution < 1.29 is 32.3 Å². The highest BCUT2D eigenvalue weighted by Crippen LogP contribution is 2.46. The summed E-state index contributed by atoms with van der Waals surface area (Å²) in [6, 6.07) is 5.95. The van der Waals surface area contributed by atoms with E-state index in [2.05, 4.69) is 15.0 Å². The molecule has 2 saturated carbocycles. The van der Waals surface area contributed by atoms with E-state index in [-0.39, 0.29) is 37.2 Å². The molecule has 3 aromatic rings. The van der Waals surface area contributed by atoms with Crippen LogP contribution < -0.4 is 19.5 Å². The molecule has 4 amide bonds. The second kappa shape index (κ2) is 13.2. The van der Waals surface area contributed by atoms with Crippen molar-refractivity contribution in [3.8, 4) is 23.0 Å². The van der Waals surface area contributed by atoms with Crippen LogP contribution in [0.1, 0.15) is 50.5 Å². The Bertz CT molecular complexity index is 1970. The highest BCUT2D eigenvalue weighted by atomic mass is 32.2. The number of methoxy groups -OCH3 is 1. The number of nitrogens with zero attached hydrogens (tertiary/aromatic N) is 5. The lowest BCUT2D eigenvalue weighted by atomic mass is 10.1. The third-order valence-electron chi connectivity index (χ3n) is 10.0. The fourth-order valence-electron chi connectivity index (χ4n) is 6.87. The topological polar surface area (TPSA) is 173 Å². The molecule has 7 rings (SSSR count). The van der Waals surface area contributed by atoms with E-state index in [1.54, 1.807) is 37.5 Å². The first-order chi connectivity index (χ1) is 24.0. The maximum absolute atomic E-state index is 14.2. The second-order valence-electron chi connectivity index (χ2n) is 13.6. The van der Waals surface area contributed by atoms with Crippen LogP contribution in [-0.4, -0.2) is 101 Å². The number of hydrogen-bond acceptors (Lipinski definition) is 10.